The molecule has 0 fully saturated rings. The first-order valence-electron chi connectivity index (χ1n) is 6.24. The lowest BCUT2D eigenvalue weighted by Gasteiger charge is -2.18. The SMILES string of the molecule is CN(C)CCC(c1ccccc1)c1cccnn1. The lowest BCUT2D eigenvalue weighted by molar-refractivity contribution is 0.388. The Morgan fingerprint density at radius 3 is 2.44 bits per heavy atom. The molecule has 0 saturated heterocycles. The number of nitrogens with zero attached hydrogens (tertiary/aromatic N) is 3. The zero-order valence-corrected chi connectivity index (χ0v) is 11.0. The normalized spacial score (nSPS) is 12.6. The van der Waals surface area contributed by atoms with Crippen molar-refractivity contribution in [2.24, 2.45) is 0 Å². The molecule has 0 saturated carbocycles. The Labute approximate surface area is 108 Å². The third-order valence-corrected chi connectivity index (χ3v) is 3.02. The average Bonchev–Trinajstić information content (AvgIpc) is 2.41. The van der Waals surface area contributed by atoms with Crippen LogP contribution in [0.25, 0.3) is 0 Å². The van der Waals surface area contributed by atoms with Crippen LogP contribution in [0, 0.1) is 0 Å². The third kappa shape index (κ3) is 3.37. The van der Waals surface area contributed by atoms with Crippen LogP contribution in [0.5, 0.6) is 0 Å². The first-order valence-corrected chi connectivity index (χ1v) is 6.24. The fourth-order valence-corrected chi connectivity index (χ4v) is 2.06. The standard InChI is InChI=1S/C15H19N3/c1-18(2)12-10-14(13-7-4-3-5-8-13)15-9-6-11-16-17-15/h3-9,11,14H,10,12H2,1-2H3. The highest BCUT2D eigenvalue weighted by Gasteiger charge is 2.15. The van der Waals surface area contributed by atoms with Crippen LogP contribution in [0.3, 0.4) is 0 Å². The first kappa shape index (κ1) is 12.7. The average molecular weight is 241 g/mol. The van der Waals surface area contributed by atoms with Crippen LogP contribution in [-0.4, -0.2) is 35.7 Å². The largest absolute Gasteiger partial charge is 0.309 e. The highest BCUT2D eigenvalue weighted by Crippen LogP contribution is 2.25. The molecule has 0 aliphatic carbocycles. The first-order chi connectivity index (χ1) is 8.77. The second-order valence-corrected chi connectivity index (χ2v) is 4.70. The summed E-state index contributed by atoms with van der Waals surface area (Å²) in [5.41, 5.74) is 2.35. The molecule has 3 heteroatoms. The van der Waals surface area contributed by atoms with Gasteiger partial charge in [0.15, 0.2) is 0 Å². The molecule has 0 aliphatic rings. The minimum absolute atomic E-state index is 0.322. The Morgan fingerprint density at radius 2 is 1.83 bits per heavy atom. The van der Waals surface area contributed by atoms with E-state index in [0.717, 1.165) is 18.7 Å². The van der Waals surface area contributed by atoms with E-state index >= 15 is 0 Å². The van der Waals surface area contributed by atoms with E-state index in [4.69, 9.17) is 0 Å². The summed E-state index contributed by atoms with van der Waals surface area (Å²) in [6.45, 7) is 1.04. The summed E-state index contributed by atoms with van der Waals surface area (Å²) >= 11 is 0. The fourth-order valence-electron chi connectivity index (χ4n) is 2.06. The van der Waals surface area contributed by atoms with Gasteiger partial charge < -0.3 is 4.90 Å². The summed E-state index contributed by atoms with van der Waals surface area (Å²) < 4.78 is 0. The topological polar surface area (TPSA) is 29.0 Å². The van der Waals surface area contributed by atoms with Gasteiger partial charge in [-0.15, -0.1) is 0 Å². The second-order valence-electron chi connectivity index (χ2n) is 4.70. The van der Waals surface area contributed by atoms with Gasteiger partial charge in [0.05, 0.1) is 5.69 Å². The summed E-state index contributed by atoms with van der Waals surface area (Å²) in [6, 6.07) is 14.5. The van der Waals surface area contributed by atoms with Crippen molar-refractivity contribution >= 4 is 0 Å². The third-order valence-electron chi connectivity index (χ3n) is 3.02. The summed E-state index contributed by atoms with van der Waals surface area (Å²) in [6.07, 6.45) is 2.77. The van der Waals surface area contributed by atoms with E-state index in [1.165, 1.54) is 5.56 Å². The molecule has 94 valence electrons. The molecule has 0 radical (unpaired) electrons. The van der Waals surface area contributed by atoms with Crippen LogP contribution in [-0.2, 0) is 0 Å². The van der Waals surface area contributed by atoms with Crippen molar-refractivity contribution in [3.63, 3.8) is 0 Å². The summed E-state index contributed by atoms with van der Waals surface area (Å²) in [4.78, 5) is 2.20. The van der Waals surface area contributed by atoms with Crippen LogP contribution in [0.1, 0.15) is 23.6 Å². The second kappa shape index (κ2) is 6.26. The van der Waals surface area contributed by atoms with Gasteiger partial charge in [0.25, 0.3) is 0 Å². The maximum Gasteiger partial charge on any atom is 0.0706 e. The van der Waals surface area contributed by atoms with Crippen LogP contribution in [0.4, 0.5) is 0 Å². The molecule has 2 rings (SSSR count). The van der Waals surface area contributed by atoms with Gasteiger partial charge in [0.1, 0.15) is 0 Å². The molecule has 1 aromatic carbocycles. The van der Waals surface area contributed by atoms with Gasteiger partial charge in [0, 0.05) is 12.1 Å². The molecule has 18 heavy (non-hydrogen) atoms. The van der Waals surface area contributed by atoms with Crippen LogP contribution in [0.2, 0.25) is 0 Å². The molecule has 3 nitrogen and oxygen atoms in total. The Bertz CT molecular complexity index is 414. The highest BCUT2D eigenvalue weighted by molar-refractivity contribution is 5.27. The minimum atomic E-state index is 0.322. The van der Waals surface area contributed by atoms with Gasteiger partial charge >= 0.3 is 0 Å². The number of benzene rings is 1. The minimum Gasteiger partial charge on any atom is -0.309 e. The van der Waals surface area contributed by atoms with Crippen molar-refractivity contribution in [2.45, 2.75) is 12.3 Å². The molecule has 0 spiro atoms. The smallest absolute Gasteiger partial charge is 0.0706 e. The number of rotatable bonds is 5. The fraction of sp³-hybridized carbons (Fsp3) is 0.333. The quantitative estimate of drug-likeness (QED) is 0.805. The van der Waals surface area contributed by atoms with Crippen molar-refractivity contribution in [3.8, 4) is 0 Å². The molecule has 0 bridgehead atoms. The van der Waals surface area contributed by atoms with Gasteiger partial charge in [-0.3, -0.25) is 0 Å². The maximum absolute atomic E-state index is 4.26. The molecule has 1 atom stereocenters. The number of hydrogen-bond donors (Lipinski definition) is 0. The zero-order valence-electron chi connectivity index (χ0n) is 11.0. The number of aromatic nitrogens is 2. The maximum atomic E-state index is 4.26. The van der Waals surface area contributed by atoms with Gasteiger partial charge in [-0.1, -0.05) is 30.3 Å². The lowest BCUT2D eigenvalue weighted by Crippen LogP contribution is -2.17. The predicted molar refractivity (Wildman–Crippen MR) is 73.5 cm³/mol. The molecular formula is C15H19N3. The van der Waals surface area contributed by atoms with Gasteiger partial charge in [-0.05, 0) is 44.8 Å². The van der Waals surface area contributed by atoms with Crippen LogP contribution >= 0.6 is 0 Å². The molecule has 1 aromatic heterocycles. The molecule has 1 unspecified atom stereocenters. The molecule has 2 aromatic rings. The van der Waals surface area contributed by atoms with Gasteiger partial charge in [-0.2, -0.15) is 10.2 Å². The molecule has 0 N–H and O–H groups in total. The Hall–Kier alpha value is -1.74. The van der Waals surface area contributed by atoms with E-state index < -0.39 is 0 Å². The summed E-state index contributed by atoms with van der Waals surface area (Å²) in [5.74, 6) is 0.322. The van der Waals surface area contributed by atoms with E-state index in [9.17, 15) is 0 Å². The highest BCUT2D eigenvalue weighted by atomic mass is 15.1. The predicted octanol–water partition coefficient (Wildman–Crippen LogP) is 2.56. The Balaban J connectivity index is 2.24. The summed E-state index contributed by atoms with van der Waals surface area (Å²) in [7, 11) is 4.19. The van der Waals surface area contributed by atoms with Gasteiger partial charge in [0.2, 0.25) is 0 Å². The van der Waals surface area contributed by atoms with E-state index in [-0.39, 0.29) is 0 Å². The van der Waals surface area contributed by atoms with Crippen molar-refractivity contribution in [3.05, 3.63) is 59.9 Å². The van der Waals surface area contributed by atoms with Crippen LogP contribution < -0.4 is 0 Å². The lowest BCUT2D eigenvalue weighted by atomic mass is 9.92. The molecule has 1 heterocycles. The Morgan fingerprint density at radius 1 is 1.06 bits per heavy atom. The number of hydrogen-bond acceptors (Lipinski definition) is 3. The monoisotopic (exact) mass is 241 g/mol. The van der Waals surface area contributed by atoms with Crippen LogP contribution in [0.15, 0.2) is 48.7 Å². The molecular weight excluding hydrogens is 222 g/mol. The van der Waals surface area contributed by atoms with E-state index in [1.54, 1.807) is 6.20 Å². The van der Waals surface area contributed by atoms with E-state index in [0.29, 0.717) is 5.92 Å². The van der Waals surface area contributed by atoms with E-state index in [2.05, 4.69) is 59.5 Å². The Kier molecular flexibility index (Phi) is 4.42. The molecule has 0 amide bonds. The van der Waals surface area contributed by atoms with Gasteiger partial charge in [-0.25, -0.2) is 0 Å². The van der Waals surface area contributed by atoms with Crippen molar-refractivity contribution in [1.29, 1.82) is 0 Å². The van der Waals surface area contributed by atoms with E-state index in [1.807, 2.05) is 12.1 Å². The zero-order chi connectivity index (χ0) is 12.8. The van der Waals surface area contributed by atoms with Crippen molar-refractivity contribution < 1.29 is 0 Å². The molecule has 0 aliphatic heterocycles. The van der Waals surface area contributed by atoms with Crippen molar-refractivity contribution in [2.75, 3.05) is 20.6 Å². The van der Waals surface area contributed by atoms with Crippen molar-refractivity contribution in [1.82, 2.24) is 15.1 Å². The summed E-state index contributed by atoms with van der Waals surface area (Å²) in [5, 5.41) is 8.26.